The quantitative estimate of drug-likeness (QED) is 0.637. The molecule has 0 saturated heterocycles. The molecule has 0 bridgehead atoms. The SMILES string of the molecule is COCCCNC(=O)c1cn2cc(-c3ccc(OC)cc3)n(C)c(=O)c2n1. The van der Waals surface area contributed by atoms with Gasteiger partial charge in [-0.05, 0) is 30.7 Å². The molecule has 0 fully saturated rings. The van der Waals surface area contributed by atoms with E-state index in [2.05, 4.69) is 10.3 Å². The molecule has 3 rings (SSSR count). The second-order valence-electron chi connectivity index (χ2n) is 6.07. The van der Waals surface area contributed by atoms with Gasteiger partial charge in [0.05, 0.1) is 12.8 Å². The smallest absolute Gasteiger partial charge is 0.294 e. The van der Waals surface area contributed by atoms with Crippen LogP contribution in [0.15, 0.2) is 41.5 Å². The fraction of sp³-hybridized carbons (Fsp3) is 0.316. The molecule has 3 aromatic rings. The van der Waals surface area contributed by atoms with Crippen molar-refractivity contribution in [3.63, 3.8) is 0 Å². The number of amides is 1. The average Bonchev–Trinajstić information content (AvgIpc) is 3.12. The maximum atomic E-state index is 12.7. The summed E-state index contributed by atoms with van der Waals surface area (Å²) < 4.78 is 13.2. The molecule has 2 aromatic heterocycles. The third kappa shape index (κ3) is 3.85. The van der Waals surface area contributed by atoms with E-state index in [0.29, 0.717) is 25.3 Å². The minimum absolute atomic E-state index is 0.205. The van der Waals surface area contributed by atoms with Crippen molar-refractivity contribution in [1.29, 1.82) is 0 Å². The van der Waals surface area contributed by atoms with Crippen molar-refractivity contribution in [3.8, 4) is 17.0 Å². The number of hydrogen-bond acceptors (Lipinski definition) is 5. The van der Waals surface area contributed by atoms with Gasteiger partial charge in [0, 0.05) is 45.3 Å². The fourth-order valence-electron chi connectivity index (χ4n) is 2.78. The zero-order valence-electron chi connectivity index (χ0n) is 15.6. The average molecular weight is 370 g/mol. The molecule has 0 aliphatic rings. The number of imidazole rings is 1. The van der Waals surface area contributed by atoms with Gasteiger partial charge in [-0.25, -0.2) is 4.98 Å². The molecule has 0 aliphatic heterocycles. The summed E-state index contributed by atoms with van der Waals surface area (Å²) in [4.78, 5) is 29.1. The van der Waals surface area contributed by atoms with E-state index in [9.17, 15) is 9.59 Å². The lowest BCUT2D eigenvalue weighted by molar-refractivity contribution is 0.0944. The highest BCUT2D eigenvalue weighted by Gasteiger charge is 2.15. The number of carbonyl (C=O) groups is 1. The topological polar surface area (TPSA) is 86.9 Å². The molecule has 0 unspecified atom stereocenters. The molecule has 0 atom stereocenters. The standard InChI is InChI=1S/C19H22N4O4/c1-22-16(13-5-7-14(27-3)8-6-13)12-23-11-15(21-17(23)19(22)25)18(24)20-9-4-10-26-2/h5-8,11-12H,4,9-10H2,1-3H3,(H,20,24). The van der Waals surface area contributed by atoms with E-state index in [-0.39, 0.29) is 22.8 Å². The van der Waals surface area contributed by atoms with E-state index < -0.39 is 0 Å². The summed E-state index contributed by atoms with van der Waals surface area (Å²) in [6.45, 7) is 1.05. The highest BCUT2D eigenvalue weighted by atomic mass is 16.5. The molecule has 8 heteroatoms. The Morgan fingerprint density at radius 1 is 1.19 bits per heavy atom. The van der Waals surface area contributed by atoms with Gasteiger partial charge in [-0.1, -0.05) is 0 Å². The van der Waals surface area contributed by atoms with Crippen LogP contribution < -0.4 is 15.6 Å². The summed E-state index contributed by atoms with van der Waals surface area (Å²) in [5, 5.41) is 2.77. The molecule has 0 spiro atoms. The van der Waals surface area contributed by atoms with E-state index in [1.165, 1.54) is 4.57 Å². The van der Waals surface area contributed by atoms with Gasteiger partial charge in [-0.2, -0.15) is 0 Å². The highest BCUT2D eigenvalue weighted by molar-refractivity contribution is 5.92. The zero-order valence-corrected chi connectivity index (χ0v) is 15.6. The summed E-state index contributed by atoms with van der Waals surface area (Å²) in [5.41, 5.74) is 1.70. The molecule has 142 valence electrons. The lowest BCUT2D eigenvalue weighted by Gasteiger charge is -2.09. The summed E-state index contributed by atoms with van der Waals surface area (Å²) in [6, 6.07) is 7.41. The van der Waals surface area contributed by atoms with Crippen LogP contribution in [0.25, 0.3) is 16.9 Å². The lowest BCUT2D eigenvalue weighted by Crippen LogP contribution is -2.25. The molecule has 0 aliphatic carbocycles. The van der Waals surface area contributed by atoms with Crippen molar-refractivity contribution >= 4 is 11.6 Å². The lowest BCUT2D eigenvalue weighted by atomic mass is 10.1. The molecule has 0 radical (unpaired) electrons. The van der Waals surface area contributed by atoms with Gasteiger partial charge in [-0.3, -0.25) is 14.0 Å². The van der Waals surface area contributed by atoms with E-state index in [4.69, 9.17) is 9.47 Å². The van der Waals surface area contributed by atoms with Gasteiger partial charge in [0.1, 0.15) is 11.4 Å². The Bertz CT molecular complexity index is 1000. The number of nitrogens with zero attached hydrogens (tertiary/aromatic N) is 3. The maximum Gasteiger partial charge on any atom is 0.294 e. The Hall–Kier alpha value is -3.13. The largest absolute Gasteiger partial charge is 0.497 e. The van der Waals surface area contributed by atoms with Gasteiger partial charge in [0.25, 0.3) is 11.5 Å². The van der Waals surface area contributed by atoms with Gasteiger partial charge in [-0.15, -0.1) is 0 Å². The first-order chi connectivity index (χ1) is 13.0. The normalized spacial score (nSPS) is 10.9. The monoisotopic (exact) mass is 370 g/mol. The number of nitrogens with one attached hydrogen (secondary N) is 1. The van der Waals surface area contributed by atoms with Gasteiger partial charge in [0.15, 0.2) is 0 Å². The van der Waals surface area contributed by atoms with Gasteiger partial charge >= 0.3 is 0 Å². The van der Waals surface area contributed by atoms with Crippen molar-refractivity contribution in [3.05, 3.63) is 52.7 Å². The van der Waals surface area contributed by atoms with E-state index >= 15 is 0 Å². The molecular weight excluding hydrogens is 348 g/mol. The van der Waals surface area contributed by atoms with Crippen LogP contribution in [0.3, 0.4) is 0 Å². The summed E-state index contributed by atoms with van der Waals surface area (Å²) in [5.74, 6) is 0.419. The van der Waals surface area contributed by atoms with Crippen molar-refractivity contribution in [2.75, 3.05) is 27.4 Å². The van der Waals surface area contributed by atoms with Crippen LogP contribution in [0.2, 0.25) is 0 Å². The molecule has 2 heterocycles. The fourth-order valence-corrected chi connectivity index (χ4v) is 2.78. The first-order valence-corrected chi connectivity index (χ1v) is 8.55. The Kier molecular flexibility index (Phi) is 5.56. The Labute approximate surface area is 156 Å². The summed E-state index contributed by atoms with van der Waals surface area (Å²) in [6.07, 6.45) is 4.06. The second kappa shape index (κ2) is 8.05. The summed E-state index contributed by atoms with van der Waals surface area (Å²) in [7, 11) is 4.89. The first kappa shape index (κ1) is 18.7. The Morgan fingerprint density at radius 2 is 1.93 bits per heavy atom. The van der Waals surface area contributed by atoms with Gasteiger partial charge < -0.3 is 19.4 Å². The predicted octanol–water partition coefficient (Wildman–Crippen LogP) is 1.47. The number of ether oxygens (including phenoxy) is 2. The third-order valence-electron chi connectivity index (χ3n) is 4.28. The van der Waals surface area contributed by atoms with Crippen molar-refractivity contribution in [2.24, 2.45) is 7.05 Å². The molecule has 27 heavy (non-hydrogen) atoms. The van der Waals surface area contributed by atoms with E-state index in [0.717, 1.165) is 11.3 Å². The number of methoxy groups -OCH3 is 2. The van der Waals surface area contributed by atoms with Crippen LogP contribution in [-0.4, -0.2) is 47.2 Å². The number of rotatable bonds is 7. The number of carbonyl (C=O) groups excluding carboxylic acids is 1. The van der Waals surface area contributed by atoms with Gasteiger partial charge in [0.2, 0.25) is 5.65 Å². The van der Waals surface area contributed by atoms with E-state index in [1.807, 2.05) is 24.3 Å². The number of hydrogen-bond donors (Lipinski definition) is 1. The zero-order chi connectivity index (χ0) is 19.4. The minimum atomic E-state index is -0.317. The number of benzene rings is 1. The molecule has 1 aromatic carbocycles. The van der Waals surface area contributed by atoms with Crippen molar-refractivity contribution in [2.45, 2.75) is 6.42 Å². The molecule has 8 nitrogen and oxygen atoms in total. The first-order valence-electron chi connectivity index (χ1n) is 8.55. The summed E-state index contributed by atoms with van der Waals surface area (Å²) >= 11 is 0. The van der Waals surface area contributed by atoms with Crippen LogP contribution >= 0.6 is 0 Å². The number of aromatic nitrogens is 3. The third-order valence-corrected chi connectivity index (χ3v) is 4.28. The van der Waals surface area contributed by atoms with Crippen molar-refractivity contribution < 1.29 is 14.3 Å². The van der Waals surface area contributed by atoms with Crippen molar-refractivity contribution in [1.82, 2.24) is 19.3 Å². The predicted molar refractivity (Wildman–Crippen MR) is 101 cm³/mol. The Morgan fingerprint density at radius 3 is 2.59 bits per heavy atom. The van der Waals surface area contributed by atoms with Crippen LogP contribution in [0, 0.1) is 0 Å². The van der Waals surface area contributed by atoms with Crippen LogP contribution in [0.5, 0.6) is 5.75 Å². The molecule has 1 N–H and O–H groups in total. The molecule has 1 amide bonds. The Balaban J connectivity index is 1.93. The maximum absolute atomic E-state index is 12.7. The highest BCUT2D eigenvalue weighted by Crippen LogP contribution is 2.21. The number of fused-ring (bicyclic) bond motifs is 1. The molecule has 0 saturated carbocycles. The minimum Gasteiger partial charge on any atom is -0.497 e. The van der Waals surface area contributed by atoms with E-state index in [1.54, 1.807) is 38.1 Å². The second-order valence-corrected chi connectivity index (χ2v) is 6.07. The van der Waals surface area contributed by atoms with Crippen LogP contribution in [0.1, 0.15) is 16.9 Å². The van der Waals surface area contributed by atoms with Crippen LogP contribution in [-0.2, 0) is 11.8 Å². The molecular formula is C19H22N4O4. The van der Waals surface area contributed by atoms with Crippen LogP contribution in [0.4, 0.5) is 0 Å².